The molecule has 0 saturated carbocycles. The molecule has 168 valence electrons. The molecule has 2 unspecified atom stereocenters. The normalized spacial score (nSPS) is 26.7. The summed E-state index contributed by atoms with van der Waals surface area (Å²) < 4.78 is 47.6. The van der Waals surface area contributed by atoms with Crippen molar-refractivity contribution in [1.82, 2.24) is 0 Å². The standard InChI is InChI=1S/C26H32F2O3/c1-3-5-18-14-30-26(31-15-18)23-13-10-20(16-29-23)22-12-11-21(24(27)25(22)28)19-8-6-17(4-2)7-9-19/h6-9,11-12,18,20,23,26H,3-5,10,13-16H2,1-2H3. The maximum Gasteiger partial charge on any atom is 0.183 e. The fourth-order valence-electron chi connectivity index (χ4n) is 4.60. The van der Waals surface area contributed by atoms with E-state index in [2.05, 4.69) is 13.8 Å². The van der Waals surface area contributed by atoms with Crippen molar-refractivity contribution >= 4 is 0 Å². The number of benzene rings is 2. The van der Waals surface area contributed by atoms with Crippen LogP contribution in [0.3, 0.4) is 0 Å². The Balaban J connectivity index is 1.39. The summed E-state index contributed by atoms with van der Waals surface area (Å²) in [5, 5.41) is 0. The molecule has 0 amide bonds. The molecule has 2 aromatic rings. The Bertz CT molecular complexity index is 852. The van der Waals surface area contributed by atoms with E-state index < -0.39 is 11.6 Å². The molecule has 2 aliphatic rings. The molecule has 0 aliphatic carbocycles. The van der Waals surface area contributed by atoms with Crippen molar-refractivity contribution in [3.05, 3.63) is 59.2 Å². The van der Waals surface area contributed by atoms with Crippen molar-refractivity contribution in [2.45, 2.75) is 64.3 Å². The van der Waals surface area contributed by atoms with Crippen LogP contribution in [0.15, 0.2) is 36.4 Å². The number of hydrogen-bond donors (Lipinski definition) is 0. The number of hydrogen-bond acceptors (Lipinski definition) is 3. The van der Waals surface area contributed by atoms with Crippen molar-refractivity contribution in [1.29, 1.82) is 0 Å². The molecule has 0 N–H and O–H groups in total. The summed E-state index contributed by atoms with van der Waals surface area (Å²) in [6, 6.07) is 11.0. The van der Waals surface area contributed by atoms with Crippen LogP contribution in [-0.2, 0) is 20.6 Å². The van der Waals surface area contributed by atoms with Gasteiger partial charge in [-0.05, 0) is 42.4 Å². The quantitative estimate of drug-likeness (QED) is 0.542. The summed E-state index contributed by atoms with van der Waals surface area (Å²) >= 11 is 0. The van der Waals surface area contributed by atoms with E-state index in [0.717, 1.165) is 19.3 Å². The molecule has 2 fully saturated rings. The second-order valence-corrected chi connectivity index (χ2v) is 8.72. The van der Waals surface area contributed by atoms with E-state index in [0.29, 0.717) is 55.3 Å². The first kappa shape index (κ1) is 22.4. The third kappa shape index (κ3) is 5.00. The summed E-state index contributed by atoms with van der Waals surface area (Å²) in [4.78, 5) is 0. The Hall–Kier alpha value is -1.82. The van der Waals surface area contributed by atoms with Gasteiger partial charge in [-0.25, -0.2) is 8.78 Å². The monoisotopic (exact) mass is 430 g/mol. The molecule has 0 radical (unpaired) electrons. The first-order valence-corrected chi connectivity index (χ1v) is 11.5. The maximum atomic E-state index is 15.0. The molecule has 4 rings (SSSR count). The first-order valence-electron chi connectivity index (χ1n) is 11.5. The summed E-state index contributed by atoms with van der Waals surface area (Å²) in [5.41, 5.74) is 2.54. The van der Waals surface area contributed by atoms with Crippen LogP contribution in [0.4, 0.5) is 8.78 Å². The van der Waals surface area contributed by atoms with Crippen LogP contribution >= 0.6 is 0 Å². The fourth-order valence-corrected chi connectivity index (χ4v) is 4.60. The molecule has 0 aromatic heterocycles. The van der Waals surface area contributed by atoms with Gasteiger partial charge in [0.15, 0.2) is 17.9 Å². The van der Waals surface area contributed by atoms with Crippen molar-refractivity contribution in [3.63, 3.8) is 0 Å². The number of halogens is 2. The predicted octanol–water partition coefficient (Wildman–Crippen LogP) is 6.25. The third-order valence-electron chi connectivity index (χ3n) is 6.53. The summed E-state index contributed by atoms with van der Waals surface area (Å²) in [7, 11) is 0. The highest BCUT2D eigenvalue weighted by atomic mass is 19.2. The molecule has 31 heavy (non-hydrogen) atoms. The second-order valence-electron chi connectivity index (χ2n) is 8.72. The van der Waals surface area contributed by atoms with Crippen LogP contribution < -0.4 is 0 Å². The number of ether oxygens (including phenoxy) is 3. The van der Waals surface area contributed by atoms with Gasteiger partial charge in [0, 0.05) is 17.4 Å². The van der Waals surface area contributed by atoms with E-state index in [1.807, 2.05) is 24.3 Å². The summed E-state index contributed by atoms with van der Waals surface area (Å²) in [5.74, 6) is -1.27. The minimum Gasteiger partial charge on any atom is -0.372 e. The largest absolute Gasteiger partial charge is 0.372 e. The van der Waals surface area contributed by atoms with Crippen molar-refractivity contribution < 1.29 is 23.0 Å². The lowest BCUT2D eigenvalue weighted by Gasteiger charge is -2.37. The van der Waals surface area contributed by atoms with Crippen LogP contribution in [-0.4, -0.2) is 32.2 Å². The van der Waals surface area contributed by atoms with Crippen molar-refractivity contribution in [2.75, 3.05) is 19.8 Å². The highest BCUT2D eigenvalue weighted by Gasteiger charge is 2.34. The SMILES string of the molecule is CCCC1COC(C2CCC(c3ccc(-c4ccc(CC)cc4)c(F)c3F)CO2)OC1. The Morgan fingerprint density at radius 1 is 0.839 bits per heavy atom. The van der Waals surface area contributed by atoms with E-state index in [1.165, 1.54) is 5.56 Å². The minimum atomic E-state index is -0.787. The zero-order valence-corrected chi connectivity index (χ0v) is 18.4. The Labute approximate surface area is 183 Å². The van der Waals surface area contributed by atoms with Crippen LogP contribution in [0.1, 0.15) is 56.6 Å². The van der Waals surface area contributed by atoms with Crippen LogP contribution in [0.25, 0.3) is 11.1 Å². The van der Waals surface area contributed by atoms with Crippen LogP contribution in [0, 0.1) is 17.6 Å². The summed E-state index contributed by atoms with van der Waals surface area (Å²) in [6.45, 7) is 5.96. The zero-order chi connectivity index (χ0) is 21.8. The fraction of sp³-hybridized carbons (Fsp3) is 0.538. The average Bonchev–Trinajstić information content (AvgIpc) is 2.82. The van der Waals surface area contributed by atoms with E-state index >= 15 is 0 Å². The molecule has 2 heterocycles. The predicted molar refractivity (Wildman–Crippen MR) is 117 cm³/mol. The third-order valence-corrected chi connectivity index (χ3v) is 6.53. The molecular formula is C26H32F2O3. The van der Waals surface area contributed by atoms with Crippen LogP contribution in [0.2, 0.25) is 0 Å². The molecule has 3 nitrogen and oxygen atoms in total. The summed E-state index contributed by atoms with van der Waals surface area (Å²) in [6.07, 6.45) is 4.04. The Morgan fingerprint density at radius 2 is 1.58 bits per heavy atom. The lowest BCUT2D eigenvalue weighted by molar-refractivity contribution is -0.256. The number of aryl methyl sites for hydroxylation is 1. The lowest BCUT2D eigenvalue weighted by Crippen LogP contribution is -2.43. The van der Waals surface area contributed by atoms with Gasteiger partial charge in [-0.1, -0.05) is 56.7 Å². The minimum absolute atomic E-state index is 0.150. The molecular weight excluding hydrogens is 398 g/mol. The Kier molecular flexibility index (Phi) is 7.36. The van der Waals surface area contributed by atoms with Gasteiger partial charge in [-0.2, -0.15) is 0 Å². The lowest BCUT2D eigenvalue weighted by atomic mass is 9.89. The average molecular weight is 431 g/mol. The van der Waals surface area contributed by atoms with E-state index in [9.17, 15) is 8.78 Å². The maximum absolute atomic E-state index is 15.0. The van der Waals surface area contributed by atoms with E-state index in [1.54, 1.807) is 12.1 Å². The highest BCUT2D eigenvalue weighted by Crippen LogP contribution is 2.36. The topological polar surface area (TPSA) is 27.7 Å². The number of rotatable bonds is 6. The van der Waals surface area contributed by atoms with Gasteiger partial charge in [0.1, 0.15) is 6.10 Å². The van der Waals surface area contributed by atoms with Gasteiger partial charge in [0.05, 0.1) is 19.8 Å². The smallest absolute Gasteiger partial charge is 0.183 e. The van der Waals surface area contributed by atoms with Gasteiger partial charge in [0.2, 0.25) is 0 Å². The van der Waals surface area contributed by atoms with Gasteiger partial charge >= 0.3 is 0 Å². The van der Waals surface area contributed by atoms with Gasteiger partial charge in [0.25, 0.3) is 0 Å². The van der Waals surface area contributed by atoms with E-state index in [-0.39, 0.29) is 18.3 Å². The molecule has 2 saturated heterocycles. The molecule has 5 heteroatoms. The van der Waals surface area contributed by atoms with Crippen molar-refractivity contribution in [3.8, 4) is 11.1 Å². The highest BCUT2D eigenvalue weighted by molar-refractivity contribution is 5.65. The van der Waals surface area contributed by atoms with Gasteiger partial charge in [-0.3, -0.25) is 0 Å². The Morgan fingerprint density at radius 3 is 2.19 bits per heavy atom. The molecule has 2 aliphatic heterocycles. The molecule has 2 atom stereocenters. The first-order chi connectivity index (χ1) is 15.1. The van der Waals surface area contributed by atoms with E-state index in [4.69, 9.17) is 14.2 Å². The van der Waals surface area contributed by atoms with Gasteiger partial charge < -0.3 is 14.2 Å². The molecule has 0 spiro atoms. The zero-order valence-electron chi connectivity index (χ0n) is 18.4. The van der Waals surface area contributed by atoms with Gasteiger partial charge in [-0.15, -0.1) is 0 Å². The molecule has 0 bridgehead atoms. The van der Waals surface area contributed by atoms with Crippen LogP contribution in [0.5, 0.6) is 0 Å². The second kappa shape index (κ2) is 10.2. The molecule has 2 aromatic carbocycles. The van der Waals surface area contributed by atoms with Crippen molar-refractivity contribution in [2.24, 2.45) is 5.92 Å².